The Balaban J connectivity index is 5.49. The lowest BCUT2D eigenvalue weighted by Gasteiger charge is -2.25. The Bertz CT molecular complexity index is 1580. The second-order valence-electron chi connectivity index (χ2n) is 13.2. The Morgan fingerprint density at radius 2 is 1.05 bits per heavy atom. The molecule has 18 N–H and O–H groups in total. The Hall–Kier alpha value is -6.48. The smallest absolute Gasteiger partial charge is 0.326 e. The van der Waals surface area contributed by atoms with Crippen LogP contribution in [0, 0.1) is 0 Å². The van der Waals surface area contributed by atoms with Gasteiger partial charge in [-0.3, -0.25) is 52.7 Å². The van der Waals surface area contributed by atoms with Gasteiger partial charge < -0.3 is 80.2 Å². The van der Waals surface area contributed by atoms with Gasteiger partial charge in [-0.15, -0.1) is 0 Å². The molecule has 27 heteroatoms. The quantitative estimate of drug-likeness (QED) is 0.0298. The molecular weight excluding hydrogens is 806 g/mol. The van der Waals surface area contributed by atoms with Crippen molar-refractivity contribution in [1.29, 1.82) is 0 Å². The minimum absolute atomic E-state index is 0.0170. The van der Waals surface area contributed by atoms with Crippen LogP contribution in [-0.4, -0.2) is 160 Å². The lowest BCUT2D eigenvalue weighted by atomic mass is 10.1. The summed E-state index contributed by atoms with van der Waals surface area (Å²) in [4.78, 5) is 146. The molecule has 0 heterocycles. The summed E-state index contributed by atoms with van der Waals surface area (Å²) in [6.45, 7) is 0.0878. The molecule has 9 amide bonds. The van der Waals surface area contributed by atoms with Crippen LogP contribution >= 0.6 is 0 Å². The number of aliphatic hydroxyl groups is 1. The van der Waals surface area contributed by atoms with Crippen LogP contribution in [-0.2, 0) is 57.5 Å². The second kappa shape index (κ2) is 28.0. The molecule has 0 rings (SSSR count). The van der Waals surface area contributed by atoms with E-state index in [4.69, 9.17) is 32.5 Å². The topological polar surface area (TPSA) is 460 Å². The van der Waals surface area contributed by atoms with E-state index in [2.05, 4.69) is 37.2 Å². The van der Waals surface area contributed by atoms with E-state index in [-0.39, 0.29) is 19.4 Å². The number of hydrogen-bond acceptors (Lipinski definition) is 15. The average molecular weight is 862 g/mol. The highest BCUT2D eigenvalue weighted by Crippen LogP contribution is 2.05. The number of nitrogens with two attached hydrogens (primary N) is 3. The number of primary amides is 1. The first-order valence-corrected chi connectivity index (χ1v) is 18.4. The maximum atomic E-state index is 13.3. The highest BCUT2D eigenvalue weighted by molar-refractivity contribution is 5.97. The molecule has 338 valence electrons. The monoisotopic (exact) mass is 861 g/mol. The fraction of sp³-hybridized carbons (Fsp3) is 0.636. The van der Waals surface area contributed by atoms with Crippen molar-refractivity contribution < 1.29 is 78.0 Å². The maximum absolute atomic E-state index is 13.3. The van der Waals surface area contributed by atoms with Crippen molar-refractivity contribution >= 4 is 71.1 Å². The van der Waals surface area contributed by atoms with Gasteiger partial charge in [0.15, 0.2) is 0 Å². The average Bonchev–Trinajstić information content (AvgIpc) is 3.17. The Morgan fingerprint density at radius 1 is 0.533 bits per heavy atom. The Labute approximate surface area is 342 Å². The van der Waals surface area contributed by atoms with Crippen LogP contribution in [0.5, 0.6) is 0 Å². The molecule has 0 saturated carbocycles. The fourth-order valence-electron chi connectivity index (χ4n) is 4.71. The van der Waals surface area contributed by atoms with E-state index in [1.165, 1.54) is 6.92 Å². The fourth-order valence-corrected chi connectivity index (χ4v) is 4.71. The minimum atomic E-state index is -1.78. The molecule has 7 atom stereocenters. The van der Waals surface area contributed by atoms with Crippen LogP contribution in [0.3, 0.4) is 0 Å². The predicted octanol–water partition coefficient (Wildman–Crippen LogP) is -7.69. The zero-order valence-corrected chi connectivity index (χ0v) is 32.9. The van der Waals surface area contributed by atoms with Crippen molar-refractivity contribution in [2.45, 2.75) is 108 Å². The lowest BCUT2D eigenvalue weighted by molar-refractivity contribution is -0.147. The summed E-state index contributed by atoms with van der Waals surface area (Å²) in [7, 11) is 0. The molecule has 0 aromatic heterocycles. The third kappa shape index (κ3) is 22.5. The van der Waals surface area contributed by atoms with E-state index in [0.29, 0.717) is 12.8 Å². The van der Waals surface area contributed by atoms with Gasteiger partial charge in [-0.05, 0) is 52.5 Å². The van der Waals surface area contributed by atoms with Gasteiger partial charge in [-0.2, -0.15) is 0 Å². The highest BCUT2D eigenvalue weighted by atomic mass is 16.4. The van der Waals surface area contributed by atoms with Crippen molar-refractivity contribution in [2.24, 2.45) is 17.2 Å². The highest BCUT2D eigenvalue weighted by Gasteiger charge is 2.31. The summed E-state index contributed by atoms with van der Waals surface area (Å²) in [6, 6.07) is -10.3. The van der Waals surface area contributed by atoms with E-state index in [1.54, 1.807) is 0 Å². The van der Waals surface area contributed by atoms with E-state index in [1.807, 2.05) is 5.32 Å². The number of carboxylic acids is 3. The molecule has 0 aliphatic carbocycles. The van der Waals surface area contributed by atoms with Crippen LogP contribution in [0.2, 0.25) is 0 Å². The molecule has 0 fully saturated rings. The van der Waals surface area contributed by atoms with Gasteiger partial charge in [0.05, 0.1) is 32.2 Å². The first-order valence-electron chi connectivity index (χ1n) is 18.4. The zero-order valence-electron chi connectivity index (χ0n) is 32.9. The van der Waals surface area contributed by atoms with E-state index in [9.17, 15) is 62.6 Å². The maximum Gasteiger partial charge on any atom is 0.326 e. The summed E-state index contributed by atoms with van der Waals surface area (Å²) in [5, 5.41) is 54.2. The molecule has 0 radical (unpaired) electrons. The SMILES string of the molecule is C[C@H](NC(=O)CNC(=O)CNC(=O)[C@H](CCC(N)=O)NC(=O)[C@H](CO)NC(=O)[C@H](CCCCN)NC(=O)[C@H](C)NC(=O)[C@@H](N)CCC(=O)O)C(=O)N[C@@H](CC(=O)O)C(=O)O. The normalized spacial score (nSPS) is 14.2. The Morgan fingerprint density at radius 3 is 1.58 bits per heavy atom. The summed E-state index contributed by atoms with van der Waals surface area (Å²) < 4.78 is 0. The molecule has 27 nitrogen and oxygen atoms in total. The summed E-state index contributed by atoms with van der Waals surface area (Å²) in [6.07, 6.45) is -1.71. The number of unbranched alkanes of at least 4 members (excludes halogenated alkanes) is 1. The largest absolute Gasteiger partial charge is 0.481 e. The summed E-state index contributed by atoms with van der Waals surface area (Å²) in [5.41, 5.74) is 16.4. The van der Waals surface area contributed by atoms with Crippen molar-refractivity contribution in [1.82, 2.24) is 42.5 Å². The van der Waals surface area contributed by atoms with Gasteiger partial charge in [0.2, 0.25) is 53.2 Å². The van der Waals surface area contributed by atoms with Crippen LogP contribution in [0.15, 0.2) is 0 Å². The Kier molecular flexibility index (Phi) is 25.0. The molecule has 0 spiro atoms. The molecule has 0 aromatic rings. The number of aliphatic carboxylic acids is 3. The first kappa shape index (κ1) is 53.5. The first-order chi connectivity index (χ1) is 28.0. The van der Waals surface area contributed by atoms with Gasteiger partial charge in [-0.1, -0.05) is 0 Å². The zero-order chi connectivity index (χ0) is 46.1. The van der Waals surface area contributed by atoms with E-state index in [0.717, 1.165) is 6.92 Å². The number of rotatable bonds is 30. The number of aliphatic hydroxyl groups excluding tert-OH is 1. The van der Waals surface area contributed by atoms with Crippen molar-refractivity contribution in [3.05, 3.63) is 0 Å². The number of carbonyl (C=O) groups excluding carboxylic acids is 9. The number of hydrogen-bond donors (Lipinski definition) is 15. The van der Waals surface area contributed by atoms with Crippen LogP contribution < -0.4 is 59.7 Å². The van der Waals surface area contributed by atoms with Crippen LogP contribution in [0.25, 0.3) is 0 Å². The van der Waals surface area contributed by atoms with Gasteiger partial charge in [0.25, 0.3) is 0 Å². The molecule has 0 saturated heterocycles. The molecule has 0 aromatic carbocycles. The van der Waals surface area contributed by atoms with Crippen LogP contribution in [0.4, 0.5) is 0 Å². The standard InChI is InChI=1S/C33H55N11O16/c1-15(27(53)43-20(33(59)60)11-26(51)52)39-24(48)13-37-23(47)12-38-30(56)19(7-8-22(36)46)42-32(58)21(14-45)44-31(57)18(5-3-4-10-34)41-28(54)16(2)40-29(55)17(35)6-9-25(49)50/h15-21,45H,3-14,34-35H2,1-2H3,(H2,36,46)(H,37,47)(H,38,56)(H,39,48)(H,40,55)(H,41,54)(H,42,58)(H,43,53)(H,44,57)(H,49,50)(H,51,52)(H,59,60)/t15-,16-,17-,18-,19-,20-,21-/m0/s1. The van der Waals surface area contributed by atoms with Gasteiger partial charge in [0.1, 0.15) is 36.3 Å². The van der Waals surface area contributed by atoms with Crippen LogP contribution in [0.1, 0.15) is 65.2 Å². The minimum Gasteiger partial charge on any atom is -0.481 e. The third-order valence-electron chi connectivity index (χ3n) is 8.10. The van der Waals surface area contributed by atoms with Crippen molar-refractivity contribution in [2.75, 3.05) is 26.2 Å². The second-order valence-corrected chi connectivity index (χ2v) is 13.2. The summed E-state index contributed by atoms with van der Waals surface area (Å²) >= 11 is 0. The van der Waals surface area contributed by atoms with E-state index < -0.39 is 159 Å². The third-order valence-corrected chi connectivity index (χ3v) is 8.10. The molecular formula is C33H55N11O16. The molecule has 0 aliphatic rings. The number of nitrogens with one attached hydrogen (secondary N) is 8. The molecule has 0 unspecified atom stereocenters. The molecule has 0 bridgehead atoms. The van der Waals surface area contributed by atoms with Gasteiger partial charge in [0, 0.05) is 12.8 Å². The van der Waals surface area contributed by atoms with Gasteiger partial charge in [-0.25, -0.2) is 4.79 Å². The lowest BCUT2D eigenvalue weighted by Crippen LogP contribution is -2.59. The van der Waals surface area contributed by atoms with E-state index >= 15 is 0 Å². The number of amides is 9. The summed E-state index contributed by atoms with van der Waals surface area (Å²) in [5.74, 6) is -13.0. The molecule has 0 aliphatic heterocycles. The van der Waals surface area contributed by atoms with Crippen molar-refractivity contribution in [3.8, 4) is 0 Å². The number of carboxylic acid groups (broad SMARTS) is 3. The molecule has 60 heavy (non-hydrogen) atoms. The van der Waals surface area contributed by atoms with Crippen molar-refractivity contribution in [3.63, 3.8) is 0 Å². The van der Waals surface area contributed by atoms with Gasteiger partial charge >= 0.3 is 17.9 Å². The number of carbonyl (C=O) groups is 12. The predicted molar refractivity (Wildman–Crippen MR) is 202 cm³/mol.